The zero-order valence-electron chi connectivity index (χ0n) is 7.09. The molecule has 0 heterocycles. The quantitative estimate of drug-likeness (QED) is 0.532. The van der Waals surface area contributed by atoms with E-state index in [-0.39, 0.29) is 5.78 Å². The molecule has 0 atom stereocenters. The van der Waals surface area contributed by atoms with E-state index in [4.69, 9.17) is 18.0 Å². The summed E-state index contributed by atoms with van der Waals surface area (Å²) in [6, 6.07) is 6.82. The molecule has 0 radical (unpaired) electrons. The second-order valence-corrected chi connectivity index (χ2v) is 3.07. The molecule has 1 aromatic rings. The van der Waals surface area contributed by atoms with E-state index in [1.807, 2.05) is 0 Å². The van der Waals surface area contributed by atoms with Gasteiger partial charge in [-0.1, -0.05) is 11.6 Å². The average molecular weight is 193 g/mol. The maximum absolute atomic E-state index is 11.4. The third-order valence-corrected chi connectivity index (χ3v) is 1.91. The fraction of sp³-hybridized carbons (Fsp3) is 0.182. The summed E-state index contributed by atoms with van der Waals surface area (Å²) in [5, 5.41) is 0.633. The van der Waals surface area contributed by atoms with Gasteiger partial charge in [0.05, 0.1) is 0 Å². The van der Waals surface area contributed by atoms with E-state index < -0.39 is 0 Å². The van der Waals surface area contributed by atoms with Crippen LogP contribution in [-0.2, 0) is 0 Å². The summed E-state index contributed by atoms with van der Waals surface area (Å²) >= 11 is 5.68. The van der Waals surface area contributed by atoms with Gasteiger partial charge >= 0.3 is 0 Å². The van der Waals surface area contributed by atoms with Gasteiger partial charge in [0.2, 0.25) is 0 Å². The van der Waals surface area contributed by atoms with Crippen molar-refractivity contribution in [3.05, 3.63) is 34.9 Å². The lowest BCUT2D eigenvalue weighted by Crippen LogP contribution is -1.97. The highest BCUT2D eigenvalue weighted by molar-refractivity contribution is 6.30. The summed E-state index contributed by atoms with van der Waals surface area (Å²) in [4.78, 5) is 11.4. The molecule has 0 saturated heterocycles. The molecule has 0 aromatic heterocycles. The van der Waals surface area contributed by atoms with Crippen LogP contribution in [0.3, 0.4) is 0 Å². The highest BCUT2D eigenvalue weighted by Gasteiger charge is 2.03. The average Bonchev–Trinajstić information content (AvgIpc) is 2.15. The normalized spacial score (nSPS) is 9.23. The van der Waals surface area contributed by atoms with Crippen molar-refractivity contribution in [1.29, 1.82) is 0 Å². The monoisotopic (exact) mass is 192 g/mol. The number of ketones is 1. The Kier molecular flexibility index (Phi) is 3.54. The van der Waals surface area contributed by atoms with E-state index >= 15 is 0 Å². The molecule has 0 bridgehead atoms. The first-order valence-electron chi connectivity index (χ1n) is 3.96. The molecular formula is C11H9ClO. The maximum atomic E-state index is 11.4. The second-order valence-electron chi connectivity index (χ2n) is 2.63. The molecular weight excluding hydrogens is 184 g/mol. The van der Waals surface area contributed by atoms with Crippen LogP contribution in [0.5, 0.6) is 0 Å². The second kappa shape index (κ2) is 4.69. The molecule has 0 aliphatic rings. The molecule has 0 N–H and O–H groups in total. The van der Waals surface area contributed by atoms with Crippen molar-refractivity contribution in [2.45, 2.75) is 12.8 Å². The highest BCUT2D eigenvalue weighted by Crippen LogP contribution is 2.11. The first-order chi connectivity index (χ1) is 6.24. The van der Waals surface area contributed by atoms with E-state index in [1.54, 1.807) is 24.3 Å². The van der Waals surface area contributed by atoms with Gasteiger partial charge in [0.15, 0.2) is 5.78 Å². The van der Waals surface area contributed by atoms with Crippen LogP contribution in [0.25, 0.3) is 0 Å². The third kappa shape index (κ3) is 2.93. The molecule has 2 heteroatoms. The molecule has 0 spiro atoms. The van der Waals surface area contributed by atoms with Gasteiger partial charge in [-0.3, -0.25) is 4.79 Å². The summed E-state index contributed by atoms with van der Waals surface area (Å²) in [5.41, 5.74) is 0.666. The minimum absolute atomic E-state index is 0.0645. The molecule has 1 aromatic carbocycles. The van der Waals surface area contributed by atoms with Crippen LogP contribution in [0, 0.1) is 12.3 Å². The Bertz CT molecular complexity index is 332. The van der Waals surface area contributed by atoms with Crippen LogP contribution in [-0.4, -0.2) is 5.78 Å². The zero-order chi connectivity index (χ0) is 9.68. The molecule has 0 aliphatic carbocycles. The molecule has 0 unspecified atom stereocenters. The van der Waals surface area contributed by atoms with Gasteiger partial charge < -0.3 is 0 Å². The van der Waals surface area contributed by atoms with Crippen molar-refractivity contribution in [2.75, 3.05) is 0 Å². The predicted molar refractivity (Wildman–Crippen MR) is 53.8 cm³/mol. The van der Waals surface area contributed by atoms with Gasteiger partial charge in [-0.2, -0.15) is 0 Å². The van der Waals surface area contributed by atoms with Crippen molar-refractivity contribution < 1.29 is 4.79 Å². The first-order valence-corrected chi connectivity index (χ1v) is 4.34. The lowest BCUT2D eigenvalue weighted by Gasteiger charge is -1.97. The van der Waals surface area contributed by atoms with Crippen molar-refractivity contribution in [1.82, 2.24) is 0 Å². The minimum atomic E-state index is 0.0645. The Balaban J connectivity index is 2.68. The third-order valence-electron chi connectivity index (χ3n) is 1.66. The van der Waals surface area contributed by atoms with Gasteiger partial charge in [0.25, 0.3) is 0 Å². The Labute approximate surface area is 82.7 Å². The molecule has 66 valence electrons. The molecule has 13 heavy (non-hydrogen) atoms. The summed E-state index contributed by atoms with van der Waals surface area (Å²) in [7, 11) is 0. The van der Waals surface area contributed by atoms with E-state index in [2.05, 4.69) is 5.92 Å². The molecule has 0 aliphatic heterocycles. The molecule has 1 rings (SSSR count). The zero-order valence-corrected chi connectivity index (χ0v) is 7.84. The van der Waals surface area contributed by atoms with E-state index in [1.165, 1.54) is 0 Å². The molecule has 0 fully saturated rings. The topological polar surface area (TPSA) is 17.1 Å². The lowest BCUT2D eigenvalue weighted by atomic mass is 10.1. The number of terminal acetylenes is 1. The van der Waals surface area contributed by atoms with Crippen molar-refractivity contribution in [2.24, 2.45) is 0 Å². The van der Waals surface area contributed by atoms with E-state index in [0.29, 0.717) is 23.4 Å². The Hall–Kier alpha value is -1.26. The van der Waals surface area contributed by atoms with Crippen molar-refractivity contribution in [3.8, 4) is 12.3 Å². The van der Waals surface area contributed by atoms with E-state index in [0.717, 1.165) is 0 Å². The summed E-state index contributed by atoms with van der Waals surface area (Å²) in [6.45, 7) is 0. The van der Waals surface area contributed by atoms with Gasteiger partial charge in [-0.25, -0.2) is 0 Å². The van der Waals surface area contributed by atoms with Crippen LogP contribution in [0.15, 0.2) is 24.3 Å². The Morgan fingerprint density at radius 1 is 1.38 bits per heavy atom. The number of Topliss-reactive ketones (excluding diaryl/α,β-unsaturated/α-hetero) is 1. The number of hydrogen-bond donors (Lipinski definition) is 0. The number of hydrogen-bond acceptors (Lipinski definition) is 1. The van der Waals surface area contributed by atoms with Gasteiger partial charge in [-0.15, -0.1) is 12.3 Å². The van der Waals surface area contributed by atoms with Gasteiger partial charge in [0, 0.05) is 23.4 Å². The van der Waals surface area contributed by atoms with Crippen molar-refractivity contribution >= 4 is 17.4 Å². The van der Waals surface area contributed by atoms with Crippen LogP contribution in [0.2, 0.25) is 5.02 Å². The molecule has 1 nitrogen and oxygen atoms in total. The molecule has 0 amide bonds. The standard InChI is InChI=1S/C11H9ClO/c1-2-3-4-11(13)9-5-7-10(12)8-6-9/h1,5-8H,3-4H2. The summed E-state index contributed by atoms with van der Waals surface area (Å²) in [5.74, 6) is 2.50. The predicted octanol–water partition coefficient (Wildman–Crippen LogP) is 2.94. The largest absolute Gasteiger partial charge is 0.294 e. The van der Waals surface area contributed by atoms with Crippen molar-refractivity contribution in [3.63, 3.8) is 0 Å². The first kappa shape index (κ1) is 9.83. The van der Waals surface area contributed by atoms with Crippen LogP contribution in [0.1, 0.15) is 23.2 Å². The number of benzene rings is 1. The Morgan fingerprint density at radius 3 is 2.54 bits per heavy atom. The minimum Gasteiger partial charge on any atom is -0.294 e. The van der Waals surface area contributed by atoms with Crippen LogP contribution >= 0.6 is 11.6 Å². The fourth-order valence-electron chi connectivity index (χ4n) is 0.966. The summed E-state index contributed by atoms with van der Waals surface area (Å²) < 4.78 is 0. The number of halogens is 1. The highest BCUT2D eigenvalue weighted by atomic mass is 35.5. The summed E-state index contributed by atoms with van der Waals surface area (Å²) in [6.07, 6.45) is 5.94. The van der Waals surface area contributed by atoms with Gasteiger partial charge in [0.1, 0.15) is 0 Å². The fourth-order valence-corrected chi connectivity index (χ4v) is 1.09. The maximum Gasteiger partial charge on any atom is 0.163 e. The SMILES string of the molecule is C#CCCC(=O)c1ccc(Cl)cc1. The van der Waals surface area contributed by atoms with Gasteiger partial charge in [-0.05, 0) is 24.3 Å². The molecule has 0 saturated carbocycles. The smallest absolute Gasteiger partial charge is 0.163 e. The van der Waals surface area contributed by atoms with E-state index in [9.17, 15) is 4.79 Å². The lowest BCUT2D eigenvalue weighted by molar-refractivity contribution is 0.0984. The Morgan fingerprint density at radius 2 is 2.00 bits per heavy atom. The van der Waals surface area contributed by atoms with Crippen LogP contribution in [0.4, 0.5) is 0 Å². The number of rotatable bonds is 3. The number of carbonyl (C=O) groups is 1. The number of carbonyl (C=O) groups excluding carboxylic acids is 1. The van der Waals surface area contributed by atoms with Crippen LogP contribution < -0.4 is 0 Å².